The van der Waals surface area contributed by atoms with Crippen LogP contribution >= 0.6 is 0 Å². The van der Waals surface area contributed by atoms with Crippen LogP contribution in [0.25, 0.3) is 0 Å². The molecule has 0 bridgehead atoms. The zero-order valence-corrected chi connectivity index (χ0v) is 44.0. The summed E-state index contributed by atoms with van der Waals surface area (Å²) in [7, 11) is 1.83. The number of unbranched alkanes of at least 4 members (excludes halogenated alkanes) is 26. The lowest BCUT2D eigenvalue weighted by molar-refractivity contribution is -0.160. The van der Waals surface area contributed by atoms with E-state index in [0.29, 0.717) is 38.8 Å². The van der Waals surface area contributed by atoms with Crippen LogP contribution in [0.15, 0.2) is 0 Å². The lowest BCUT2D eigenvalue weighted by Crippen LogP contribution is -2.37. The Kier molecular flexibility index (Phi) is 47.6. The number of aliphatic hydroxyl groups is 1. The molecule has 0 saturated carbocycles. The molecule has 0 heterocycles. The van der Waals surface area contributed by atoms with Crippen molar-refractivity contribution in [1.29, 1.82) is 0 Å². The molecule has 1 unspecified atom stereocenters. The monoisotopic (exact) mass is 938 g/mol. The first kappa shape index (κ1) is 63.8. The normalized spacial score (nSPS) is 12.0. The number of nitrogens with zero attached hydrogens (tertiary/aromatic N) is 1. The van der Waals surface area contributed by atoms with E-state index in [9.17, 15) is 24.3 Å². The fourth-order valence-electron chi connectivity index (χ4n) is 8.64. The van der Waals surface area contributed by atoms with Gasteiger partial charge in [0.25, 0.3) is 0 Å². The molecule has 1 N–H and O–H groups in total. The minimum atomic E-state index is -0.634. The predicted molar refractivity (Wildman–Crippen MR) is 273 cm³/mol. The molecule has 0 aromatic rings. The first-order chi connectivity index (χ1) is 32.2. The molecule has 0 aliphatic heterocycles. The number of carbonyl (C=O) groups is 4. The van der Waals surface area contributed by atoms with Crippen molar-refractivity contribution in [2.24, 2.45) is 0 Å². The maximum absolute atomic E-state index is 12.8. The van der Waals surface area contributed by atoms with Crippen molar-refractivity contribution in [2.45, 2.75) is 303 Å². The minimum Gasteiger partial charge on any atom is -0.462 e. The topological polar surface area (TPSA) is 129 Å². The summed E-state index contributed by atoms with van der Waals surface area (Å²) in [6.45, 7) is 9.64. The number of likely N-dealkylation sites (N-methyl/N-ethyl adjacent to an activating group) is 1. The maximum atomic E-state index is 12.8. The van der Waals surface area contributed by atoms with Crippen LogP contribution in [0, 0.1) is 0 Å². The van der Waals surface area contributed by atoms with Gasteiger partial charge in [-0.25, -0.2) is 0 Å². The van der Waals surface area contributed by atoms with Crippen LogP contribution in [-0.2, 0) is 38.1 Å². The number of hydrogen-bond acceptors (Lipinski definition) is 10. The Morgan fingerprint density at radius 1 is 0.379 bits per heavy atom. The Bertz CT molecular complexity index is 1070. The van der Waals surface area contributed by atoms with Crippen LogP contribution < -0.4 is 0 Å². The summed E-state index contributed by atoms with van der Waals surface area (Å²) < 4.78 is 23.3. The minimum absolute atomic E-state index is 0.0270. The van der Waals surface area contributed by atoms with Gasteiger partial charge < -0.3 is 29.0 Å². The highest BCUT2D eigenvalue weighted by Gasteiger charge is 2.20. The Morgan fingerprint density at radius 3 is 0.970 bits per heavy atom. The zero-order chi connectivity index (χ0) is 48.6. The third kappa shape index (κ3) is 44.3. The second kappa shape index (κ2) is 49.2. The van der Waals surface area contributed by atoms with E-state index in [1.165, 1.54) is 128 Å². The van der Waals surface area contributed by atoms with Crippen molar-refractivity contribution >= 4 is 23.9 Å². The van der Waals surface area contributed by atoms with E-state index in [-0.39, 0.29) is 62.1 Å². The first-order valence-electron chi connectivity index (χ1n) is 28.2. The van der Waals surface area contributed by atoms with Gasteiger partial charge in [-0.05, 0) is 84.1 Å². The molecule has 10 heteroatoms. The van der Waals surface area contributed by atoms with Crippen LogP contribution in [0.1, 0.15) is 285 Å². The Morgan fingerprint density at radius 2 is 0.652 bits per heavy atom. The third-order valence-electron chi connectivity index (χ3n) is 12.9. The van der Waals surface area contributed by atoms with Gasteiger partial charge in [-0.3, -0.25) is 19.2 Å². The fourth-order valence-corrected chi connectivity index (χ4v) is 8.64. The number of aliphatic hydroxyl groups excluding tert-OH is 1. The van der Waals surface area contributed by atoms with Crippen molar-refractivity contribution in [1.82, 2.24) is 4.90 Å². The van der Waals surface area contributed by atoms with Gasteiger partial charge in [-0.2, -0.15) is 0 Å². The molecular formula is C56H107NO9. The molecule has 0 radical (unpaired) electrons. The fraction of sp³-hybridized carbons (Fsp3) is 0.929. The Hall–Kier alpha value is -2.20. The molecule has 0 rings (SSSR count). The first-order valence-corrected chi connectivity index (χ1v) is 28.2. The van der Waals surface area contributed by atoms with Crippen molar-refractivity contribution in [3.05, 3.63) is 0 Å². The van der Waals surface area contributed by atoms with E-state index in [0.717, 1.165) is 89.9 Å². The number of ether oxygens (including phenoxy) is 4. The SMILES string of the molecule is CCCCCCCCC(CCCCCCCC)OC(=O)CCCCCCC(=O)OCC(CN(C)CCO)OC(=O)CCCCCCC(=O)OC(CCCCCCCC)CCCCCCCC. The van der Waals surface area contributed by atoms with E-state index < -0.39 is 6.10 Å². The molecule has 0 amide bonds. The van der Waals surface area contributed by atoms with Crippen LogP contribution in [0.4, 0.5) is 0 Å². The van der Waals surface area contributed by atoms with Gasteiger partial charge in [-0.15, -0.1) is 0 Å². The molecule has 66 heavy (non-hydrogen) atoms. The van der Waals surface area contributed by atoms with Crippen molar-refractivity contribution in [2.75, 3.05) is 33.4 Å². The summed E-state index contributed by atoms with van der Waals surface area (Å²) in [5.41, 5.74) is 0. The van der Waals surface area contributed by atoms with Crippen LogP contribution in [0.2, 0.25) is 0 Å². The lowest BCUT2D eigenvalue weighted by Gasteiger charge is -2.23. The quantitative estimate of drug-likeness (QED) is 0.0357. The summed E-state index contributed by atoms with van der Waals surface area (Å²) >= 11 is 0. The second-order valence-corrected chi connectivity index (χ2v) is 19.6. The molecule has 0 aliphatic carbocycles. The number of carbonyl (C=O) groups excluding carboxylic acids is 4. The zero-order valence-electron chi connectivity index (χ0n) is 44.0. The average molecular weight is 938 g/mol. The van der Waals surface area contributed by atoms with E-state index in [1.54, 1.807) is 0 Å². The molecule has 1 atom stereocenters. The summed E-state index contributed by atoms with van der Waals surface area (Å²) in [5, 5.41) is 9.41. The van der Waals surface area contributed by atoms with E-state index in [4.69, 9.17) is 18.9 Å². The second-order valence-electron chi connectivity index (χ2n) is 19.6. The van der Waals surface area contributed by atoms with Gasteiger partial charge in [0.2, 0.25) is 0 Å². The van der Waals surface area contributed by atoms with E-state index in [1.807, 2.05) is 11.9 Å². The molecule has 0 aromatic carbocycles. The van der Waals surface area contributed by atoms with Crippen molar-refractivity contribution in [3.63, 3.8) is 0 Å². The van der Waals surface area contributed by atoms with Crippen molar-refractivity contribution < 1.29 is 43.2 Å². The van der Waals surface area contributed by atoms with Gasteiger partial charge >= 0.3 is 23.9 Å². The molecule has 0 saturated heterocycles. The van der Waals surface area contributed by atoms with Gasteiger partial charge in [0.1, 0.15) is 24.9 Å². The molecule has 0 fully saturated rings. The number of hydrogen-bond donors (Lipinski definition) is 1. The van der Waals surface area contributed by atoms with Gasteiger partial charge in [0, 0.05) is 38.8 Å². The van der Waals surface area contributed by atoms with Gasteiger partial charge in [-0.1, -0.05) is 182 Å². The van der Waals surface area contributed by atoms with Gasteiger partial charge in [0.05, 0.1) is 6.61 Å². The third-order valence-corrected chi connectivity index (χ3v) is 12.9. The molecule has 10 nitrogen and oxygen atoms in total. The highest BCUT2D eigenvalue weighted by atomic mass is 16.6. The number of rotatable bonds is 51. The number of esters is 4. The van der Waals surface area contributed by atoms with Crippen LogP contribution in [-0.4, -0.2) is 85.5 Å². The summed E-state index contributed by atoms with van der Waals surface area (Å²) in [5.74, 6) is -0.864. The molecule has 0 aliphatic rings. The van der Waals surface area contributed by atoms with E-state index >= 15 is 0 Å². The summed E-state index contributed by atoms with van der Waals surface area (Å²) in [6.07, 6.45) is 40.4. The average Bonchev–Trinajstić information content (AvgIpc) is 3.29. The predicted octanol–water partition coefficient (Wildman–Crippen LogP) is 14.9. The van der Waals surface area contributed by atoms with Gasteiger partial charge in [0.15, 0.2) is 0 Å². The highest BCUT2D eigenvalue weighted by Crippen LogP contribution is 2.20. The lowest BCUT2D eigenvalue weighted by atomic mass is 10.0. The van der Waals surface area contributed by atoms with E-state index in [2.05, 4.69) is 27.7 Å². The highest BCUT2D eigenvalue weighted by molar-refractivity contribution is 5.71. The van der Waals surface area contributed by atoms with Crippen molar-refractivity contribution in [3.8, 4) is 0 Å². The molecule has 0 spiro atoms. The largest absolute Gasteiger partial charge is 0.462 e. The Balaban J connectivity index is 4.56. The summed E-state index contributed by atoms with van der Waals surface area (Å²) in [4.78, 5) is 52.9. The van der Waals surface area contributed by atoms with Crippen LogP contribution in [0.3, 0.4) is 0 Å². The molecule has 0 aromatic heterocycles. The molecule has 390 valence electrons. The molecular weight excluding hydrogens is 831 g/mol. The smallest absolute Gasteiger partial charge is 0.306 e. The standard InChI is InChI=1S/C56H107NO9/c1-6-10-14-18-22-30-38-50(39-31-23-19-15-11-7-2)64-54(60)43-35-27-26-34-42-53(59)63-49-52(48-57(5)46-47-58)66-56(62)45-37-29-28-36-44-55(61)65-51(40-32-24-20-16-12-8-3)41-33-25-21-17-13-9-4/h50-52,58H,6-49H2,1-5H3. The Labute approximate surface area is 406 Å². The maximum Gasteiger partial charge on any atom is 0.306 e. The summed E-state index contributed by atoms with van der Waals surface area (Å²) in [6, 6.07) is 0. The van der Waals surface area contributed by atoms with Crippen LogP contribution in [0.5, 0.6) is 0 Å².